The van der Waals surface area contributed by atoms with Gasteiger partial charge in [-0.15, -0.1) is 0 Å². The molecule has 0 aromatic carbocycles. The molecule has 132 valence electrons. The Labute approximate surface area is 120 Å². The molecular weight excluding hydrogens is 351 g/mol. The van der Waals surface area contributed by atoms with Gasteiger partial charge in [0.25, 0.3) is 16.0 Å². The molecule has 0 aromatic heterocycles. The first-order valence-corrected chi connectivity index (χ1v) is 7.25. The van der Waals surface area contributed by atoms with Gasteiger partial charge in [0.2, 0.25) is 0 Å². The van der Waals surface area contributed by atoms with Crippen molar-refractivity contribution in [3.8, 4) is 0 Å². The number of hydrogen-bond acceptors (Lipinski definition) is 3. The van der Waals surface area contributed by atoms with Gasteiger partial charge < -0.3 is 4.90 Å². The third-order valence-corrected chi connectivity index (χ3v) is 3.32. The first kappa shape index (κ1) is 20.9. The van der Waals surface area contributed by atoms with Crippen LogP contribution in [-0.4, -0.2) is 60.6 Å². The molecule has 1 amide bonds. The van der Waals surface area contributed by atoms with Gasteiger partial charge in [0.15, 0.2) is 0 Å². The van der Waals surface area contributed by atoms with E-state index in [2.05, 4.69) is 0 Å². The lowest BCUT2D eigenvalue weighted by molar-refractivity contribution is -0.345. The molecule has 0 unspecified atom stereocenters. The van der Waals surface area contributed by atoms with Crippen LogP contribution in [-0.2, 0) is 14.9 Å². The molecule has 0 heterocycles. The Balaban J connectivity index is 5.18. The van der Waals surface area contributed by atoms with E-state index in [1.54, 1.807) is 0 Å². The Morgan fingerprint density at radius 3 is 1.86 bits per heavy atom. The lowest BCUT2D eigenvalue weighted by Crippen LogP contribution is -2.60. The highest BCUT2D eigenvalue weighted by Crippen LogP contribution is 2.47. The Bertz CT molecular complexity index is 503. The number of carbonyl (C=O) groups excluding carboxylic acids is 1. The van der Waals surface area contributed by atoms with E-state index in [4.69, 9.17) is 4.55 Å². The molecule has 0 aliphatic rings. The summed E-state index contributed by atoms with van der Waals surface area (Å²) in [7, 11) is -4.49. The van der Waals surface area contributed by atoms with Crippen molar-refractivity contribution >= 4 is 16.0 Å². The zero-order chi connectivity index (χ0) is 18.0. The molecule has 0 saturated heterocycles. The highest BCUT2D eigenvalue weighted by molar-refractivity contribution is 7.85. The van der Waals surface area contributed by atoms with Gasteiger partial charge in [0, 0.05) is 13.1 Å². The largest absolute Gasteiger partial charge is 0.460 e. The van der Waals surface area contributed by atoms with E-state index in [1.807, 2.05) is 0 Å². The van der Waals surface area contributed by atoms with Gasteiger partial charge in [-0.25, -0.2) is 0 Å². The van der Waals surface area contributed by atoms with Crippen molar-refractivity contribution in [3.63, 3.8) is 0 Å². The molecule has 0 radical (unpaired) electrons. The lowest BCUT2D eigenvalue weighted by Gasteiger charge is -2.31. The molecule has 0 bridgehead atoms. The minimum atomic E-state index is -6.64. The second-order valence-electron chi connectivity index (χ2n) is 4.17. The van der Waals surface area contributed by atoms with Gasteiger partial charge in [0.05, 0.1) is 5.75 Å². The molecule has 0 aliphatic heterocycles. The molecule has 1 N–H and O–H groups in total. The Hall–Kier alpha value is -1.11. The van der Waals surface area contributed by atoms with Crippen molar-refractivity contribution in [1.82, 2.24) is 4.90 Å². The maximum atomic E-state index is 13.2. The normalized spacial score (nSPS) is 14.0. The first-order chi connectivity index (χ1) is 9.58. The average Bonchev–Trinajstić information content (AvgIpc) is 2.30. The molecular formula is C9H12F7NO4S. The van der Waals surface area contributed by atoms with Gasteiger partial charge in [-0.1, -0.05) is 0 Å². The lowest BCUT2D eigenvalue weighted by atomic mass is 10.1. The van der Waals surface area contributed by atoms with Gasteiger partial charge in [-0.2, -0.15) is 39.2 Å². The van der Waals surface area contributed by atoms with Crippen LogP contribution < -0.4 is 0 Å². The van der Waals surface area contributed by atoms with Crippen molar-refractivity contribution in [1.29, 1.82) is 0 Å². The number of alkyl halides is 7. The van der Waals surface area contributed by atoms with E-state index >= 15 is 0 Å². The summed E-state index contributed by atoms with van der Waals surface area (Å²) >= 11 is 0. The van der Waals surface area contributed by atoms with Crippen molar-refractivity contribution in [2.75, 3.05) is 18.8 Å². The van der Waals surface area contributed by atoms with Gasteiger partial charge in [-0.05, 0) is 13.3 Å². The van der Waals surface area contributed by atoms with Crippen LogP contribution in [0.3, 0.4) is 0 Å². The third-order valence-electron chi connectivity index (χ3n) is 2.52. The fraction of sp³-hybridized carbons (Fsp3) is 0.889. The van der Waals surface area contributed by atoms with Crippen LogP contribution in [0.5, 0.6) is 0 Å². The summed E-state index contributed by atoms with van der Waals surface area (Å²) in [6.45, 7) is -0.486. The topological polar surface area (TPSA) is 74.7 Å². The fourth-order valence-corrected chi connectivity index (χ4v) is 1.85. The van der Waals surface area contributed by atoms with E-state index in [1.165, 1.54) is 0 Å². The molecule has 22 heavy (non-hydrogen) atoms. The van der Waals surface area contributed by atoms with Crippen LogP contribution in [0.15, 0.2) is 0 Å². The maximum Gasteiger partial charge on any atom is 0.460 e. The van der Waals surface area contributed by atoms with Crippen LogP contribution in [0.25, 0.3) is 0 Å². The van der Waals surface area contributed by atoms with Crippen molar-refractivity contribution in [2.45, 2.75) is 31.4 Å². The number of carbonyl (C=O) groups is 1. The highest BCUT2D eigenvalue weighted by atomic mass is 32.2. The summed E-state index contributed by atoms with van der Waals surface area (Å²) in [5, 5.41) is 0. The molecule has 0 spiro atoms. The Kier molecular flexibility index (Phi) is 6.23. The van der Waals surface area contributed by atoms with Crippen molar-refractivity contribution < 1.29 is 48.5 Å². The maximum absolute atomic E-state index is 13.2. The second kappa shape index (κ2) is 6.56. The molecule has 5 nitrogen and oxygen atoms in total. The van der Waals surface area contributed by atoms with E-state index in [0.29, 0.717) is 0 Å². The van der Waals surface area contributed by atoms with Crippen LogP contribution in [0, 0.1) is 0 Å². The van der Waals surface area contributed by atoms with Crippen LogP contribution in [0.2, 0.25) is 0 Å². The standard InChI is InChI=1S/C9H12F7NO4S/c1-2-17(4-3-5-22(19,20)21)6(18)7(10,11)8(12,13)9(14,15)16/h2-5H2,1H3,(H,19,20,21). The third kappa shape index (κ3) is 4.69. The van der Waals surface area contributed by atoms with Crippen molar-refractivity contribution in [3.05, 3.63) is 0 Å². The molecule has 0 aromatic rings. The molecule has 0 rings (SSSR count). The summed E-state index contributed by atoms with van der Waals surface area (Å²) in [5.41, 5.74) is 0. The molecule has 0 fully saturated rings. The predicted octanol–water partition coefficient (Wildman–Crippen LogP) is 1.95. The number of hydrogen-bond donors (Lipinski definition) is 1. The van der Waals surface area contributed by atoms with Gasteiger partial charge in [0.1, 0.15) is 0 Å². The minimum Gasteiger partial charge on any atom is -0.338 e. The number of rotatable bonds is 7. The first-order valence-electron chi connectivity index (χ1n) is 5.64. The van der Waals surface area contributed by atoms with Crippen LogP contribution >= 0.6 is 0 Å². The summed E-state index contributed by atoms with van der Waals surface area (Å²) < 4.78 is 117. The van der Waals surface area contributed by atoms with E-state index in [9.17, 15) is 43.9 Å². The number of amides is 1. The zero-order valence-electron chi connectivity index (χ0n) is 11.0. The van der Waals surface area contributed by atoms with E-state index < -0.39 is 59.3 Å². The minimum absolute atomic E-state index is 0.0508. The molecule has 13 heteroatoms. The summed E-state index contributed by atoms with van der Waals surface area (Å²) in [5.74, 6) is -16.4. The fourth-order valence-electron chi connectivity index (χ4n) is 1.35. The van der Waals surface area contributed by atoms with E-state index in [0.717, 1.165) is 6.92 Å². The summed E-state index contributed by atoms with van der Waals surface area (Å²) in [4.78, 5) is 11.2. The predicted molar refractivity (Wildman–Crippen MR) is 59.2 cm³/mol. The summed E-state index contributed by atoms with van der Waals surface area (Å²) in [6, 6.07) is 0. The zero-order valence-corrected chi connectivity index (χ0v) is 11.8. The second-order valence-corrected chi connectivity index (χ2v) is 5.74. The van der Waals surface area contributed by atoms with Crippen molar-refractivity contribution in [2.24, 2.45) is 0 Å². The Morgan fingerprint density at radius 2 is 1.55 bits per heavy atom. The van der Waals surface area contributed by atoms with Crippen LogP contribution in [0.4, 0.5) is 30.7 Å². The molecule has 0 saturated carbocycles. The van der Waals surface area contributed by atoms with Crippen LogP contribution in [0.1, 0.15) is 13.3 Å². The SMILES string of the molecule is CCN(CCCS(=O)(=O)O)C(=O)C(F)(F)C(F)(F)C(F)(F)F. The highest BCUT2D eigenvalue weighted by Gasteiger charge is 2.76. The monoisotopic (exact) mass is 363 g/mol. The smallest absolute Gasteiger partial charge is 0.338 e. The van der Waals surface area contributed by atoms with Gasteiger partial charge in [-0.3, -0.25) is 9.35 Å². The quantitative estimate of drug-likeness (QED) is 0.554. The number of halogens is 7. The Morgan fingerprint density at radius 1 is 1.09 bits per heavy atom. The van der Waals surface area contributed by atoms with Gasteiger partial charge >= 0.3 is 18.0 Å². The average molecular weight is 363 g/mol. The molecule has 0 aliphatic carbocycles. The summed E-state index contributed by atoms with van der Waals surface area (Å²) in [6.07, 6.45) is -7.26. The van der Waals surface area contributed by atoms with E-state index in [-0.39, 0.29) is 4.90 Å². The number of nitrogens with zero attached hydrogens (tertiary/aromatic N) is 1. The molecule has 0 atom stereocenters.